The minimum Gasteiger partial charge on any atom is -0.389 e. The zero-order valence-corrected chi connectivity index (χ0v) is 12.2. The van der Waals surface area contributed by atoms with Gasteiger partial charge in [0, 0.05) is 12.2 Å². The van der Waals surface area contributed by atoms with Crippen LogP contribution in [0, 0.1) is 5.41 Å². The quantitative estimate of drug-likeness (QED) is 0.823. The number of nitrogens with zero attached hydrogens (tertiary/aromatic N) is 1. The zero-order chi connectivity index (χ0) is 13.3. The van der Waals surface area contributed by atoms with Gasteiger partial charge in [-0.1, -0.05) is 33.0 Å². The van der Waals surface area contributed by atoms with Gasteiger partial charge in [-0.2, -0.15) is 0 Å². The van der Waals surface area contributed by atoms with Crippen LogP contribution in [0.25, 0.3) is 0 Å². The highest BCUT2D eigenvalue weighted by molar-refractivity contribution is 7.80. The summed E-state index contributed by atoms with van der Waals surface area (Å²) in [4.78, 5) is 5.12. The number of hydrogen-bond donors (Lipinski definition) is 2. The minimum absolute atomic E-state index is 0.203. The summed E-state index contributed by atoms with van der Waals surface area (Å²) in [6.07, 6.45) is 3.34. The second-order valence-corrected chi connectivity index (χ2v) is 6.56. The van der Waals surface area contributed by atoms with Crippen LogP contribution in [0.4, 0.5) is 5.82 Å². The summed E-state index contributed by atoms with van der Waals surface area (Å²) >= 11 is 5.13. The topological polar surface area (TPSA) is 50.9 Å². The van der Waals surface area contributed by atoms with E-state index in [4.69, 9.17) is 22.9 Å². The lowest BCUT2D eigenvalue weighted by molar-refractivity contribution is 0.442. The summed E-state index contributed by atoms with van der Waals surface area (Å²) in [5.41, 5.74) is 9.39. The Hall–Kier alpha value is -1.16. The molecule has 4 heteroatoms. The molecule has 18 heavy (non-hydrogen) atoms. The van der Waals surface area contributed by atoms with Crippen LogP contribution in [0.5, 0.6) is 0 Å². The van der Waals surface area contributed by atoms with Crippen LogP contribution in [0.15, 0.2) is 6.07 Å². The highest BCUT2D eigenvalue weighted by atomic mass is 32.1. The van der Waals surface area contributed by atoms with Gasteiger partial charge in [0.1, 0.15) is 10.8 Å². The molecule has 0 aliphatic heterocycles. The van der Waals surface area contributed by atoms with Crippen molar-refractivity contribution in [3.05, 3.63) is 22.9 Å². The number of aryl methyl sites for hydroxylation is 2. The largest absolute Gasteiger partial charge is 0.389 e. The first-order valence-electron chi connectivity index (χ1n) is 6.43. The summed E-state index contributed by atoms with van der Waals surface area (Å²) in [6.45, 7) is 7.42. The molecular formula is C14H21N3S. The molecule has 1 aromatic heterocycles. The van der Waals surface area contributed by atoms with E-state index in [1.54, 1.807) is 0 Å². The van der Waals surface area contributed by atoms with E-state index in [0.717, 1.165) is 30.8 Å². The molecule has 0 saturated heterocycles. The van der Waals surface area contributed by atoms with Crippen LogP contribution in [-0.2, 0) is 12.8 Å². The average Bonchev–Trinajstić information content (AvgIpc) is 2.70. The lowest BCUT2D eigenvalue weighted by atomic mass is 9.97. The Balaban J connectivity index is 2.30. The van der Waals surface area contributed by atoms with E-state index < -0.39 is 0 Å². The lowest BCUT2D eigenvalue weighted by Crippen LogP contribution is -2.22. The average molecular weight is 263 g/mol. The van der Waals surface area contributed by atoms with Crippen LogP contribution in [0.2, 0.25) is 0 Å². The van der Waals surface area contributed by atoms with Gasteiger partial charge in [-0.25, -0.2) is 4.98 Å². The molecule has 0 amide bonds. The molecule has 0 bridgehead atoms. The Kier molecular flexibility index (Phi) is 3.57. The van der Waals surface area contributed by atoms with E-state index >= 15 is 0 Å². The number of nitrogens with two attached hydrogens (primary N) is 1. The van der Waals surface area contributed by atoms with Crippen LogP contribution < -0.4 is 11.1 Å². The molecule has 0 saturated carbocycles. The van der Waals surface area contributed by atoms with E-state index in [2.05, 4.69) is 32.2 Å². The maximum absolute atomic E-state index is 5.80. The van der Waals surface area contributed by atoms with Crippen molar-refractivity contribution in [3.8, 4) is 0 Å². The Labute approximate surface area is 114 Å². The second-order valence-electron chi connectivity index (χ2n) is 6.12. The second kappa shape index (κ2) is 4.84. The summed E-state index contributed by atoms with van der Waals surface area (Å²) in [5.74, 6) is 0.845. The highest BCUT2D eigenvalue weighted by Crippen LogP contribution is 2.26. The van der Waals surface area contributed by atoms with Crippen LogP contribution >= 0.6 is 12.2 Å². The van der Waals surface area contributed by atoms with Crippen molar-refractivity contribution < 1.29 is 0 Å². The SMILES string of the molecule is CC(C)(C)CNc1nc2c(cc1C(N)=S)CCC2. The predicted octanol–water partition coefficient (Wildman–Crippen LogP) is 2.66. The van der Waals surface area contributed by atoms with E-state index in [0.29, 0.717) is 4.99 Å². The molecule has 1 aliphatic rings. The van der Waals surface area contributed by atoms with Crippen molar-refractivity contribution >= 4 is 23.0 Å². The van der Waals surface area contributed by atoms with Gasteiger partial charge in [0.25, 0.3) is 0 Å². The summed E-state index contributed by atoms with van der Waals surface area (Å²) < 4.78 is 0. The first kappa shape index (κ1) is 13.3. The first-order chi connectivity index (χ1) is 8.37. The molecule has 0 unspecified atom stereocenters. The van der Waals surface area contributed by atoms with Crippen LogP contribution in [-0.4, -0.2) is 16.5 Å². The normalized spacial score (nSPS) is 14.4. The van der Waals surface area contributed by atoms with Crippen molar-refractivity contribution in [2.45, 2.75) is 40.0 Å². The van der Waals surface area contributed by atoms with Gasteiger partial charge >= 0.3 is 0 Å². The first-order valence-corrected chi connectivity index (χ1v) is 6.84. The molecule has 0 radical (unpaired) electrons. The Bertz CT molecular complexity index is 475. The molecule has 3 N–H and O–H groups in total. The predicted molar refractivity (Wildman–Crippen MR) is 80.1 cm³/mol. The lowest BCUT2D eigenvalue weighted by Gasteiger charge is -2.21. The highest BCUT2D eigenvalue weighted by Gasteiger charge is 2.18. The van der Waals surface area contributed by atoms with E-state index in [-0.39, 0.29) is 5.41 Å². The van der Waals surface area contributed by atoms with Gasteiger partial charge < -0.3 is 11.1 Å². The zero-order valence-electron chi connectivity index (χ0n) is 11.3. The number of thiocarbonyl (C=S) groups is 1. The van der Waals surface area contributed by atoms with Crippen LogP contribution in [0.1, 0.15) is 44.0 Å². The third kappa shape index (κ3) is 2.99. The smallest absolute Gasteiger partial charge is 0.136 e. The van der Waals surface area contributed by atoms with Crippen molar-refractivity contribution in [1.82, 2.24) is 4.98 Å². The number of rotatable bonds is 3. The number of hydrogen-bond acceptors (Lipinski definition) is 3. The number of fused-ring (bicyclic) bond motifs is 1. The molecule has 0 atom stereocenters. The monoisotopic (exact) mass is 263 g/mol. The number of anilines is 1. The van der Waals surface area contributed by atoms with Gasteiger partial charge in [-0.3, -0.25) is 0 Å². The van der Waals surface area contributed by atoms with Crippen molar-refractivity contribution in [3.63, 3.8) is 0 Å². The standard InChI is InChI=1S/C14H21N3S/c1-14(2,3)8-16-13-10(12(15)18)7-9-5-4-6-11(9)17-13/h7H,4-6,8H2,1-3H3,(H2,15,18)(H,16,17). The summed E-state index contributed by atoms with van der Waals surface area (Å²) in [7, 11) is 0. The van der Waals surface area contributed by atoms with Crippen molar-refractivity contribution in [2.24, 2.45) is 11.1 Å². The van der Waals surface area contributed by atoms with Gasteiger partial charge in [0.15, 0.2) is 0 Å². The molecule has 0 spiro atoms. The Morgan fingerprint density at radius 2 is 2.17 bits per heavy atom. The van der Waals surface area contributed by atoms with Gasteiger partial charge in [-0.05, 0) is 36.3 Å². The number of pyridine rings is 1. The number of nitrogens with one attached hydrogen (secondary N) is 1. The van der Waals surface area contributed by atoms with Crippen molar-refractivity contribution in [1.29, 1.82) is 0 Å². The van der Waals surface area contributed by atoms with E-state index in [1.807, 2.05) is 0 Å². The van der Waals surface area contributed by atoms with Gasteiger partial charge in [-0.15, -0.1) is 0 Å². The van der Waals surface area contributed by atoms with Gasteiger partial charge in [0.05, 0.1) is 5.56 Å². The fraction of sp³-hybridized carbons (Fsp3) is 0.571. The molecule has 0 aromatic carbocycles. The van der Waals surface area contributed by atoms with Gasteiger partial charge in [0.2, 0.25) is 0 Å². The van der Waals surface area contributed by atoms with Crippen LogP contribution in [0.3, 0.4) is 0 Å². The Morgan fingerprint density at radius 3 is 2.78 bits per heavy atom. The molecule has 1 heterocycles. The molecule has 3 nitrogen and oxygen atoms in total. The maximum Gasteiger partial charge on any atom is 0.136 e. The Morgan fingerprint density at radius 1 is 1.44 bits per heavy atom. The molecule has 0 fully saturated rings. The number of aromatic nitrogens is 1. The van der Waals surface area contributed by atoms with Crippen molar-refractivity contribution in [2.75, 3.05) is 11.9 Å². The minimum atomic E-state index is 0.203. The summed E-state index contributed by atoms with van der Waals surface area (Å²) in [5, 5.41) is 3.39. The maximum atomic E-state index is 5.80. The fourth-order valence-corrected chi connectivity index (χ4v) is 2.30. The molecule has 1 aromatic rings. The molecule has 98 valence electrons. The fourth-order valence-electron chi connectivity index (χ4n) is 2.14. The van der Waals surface area contributed by atoms with E-state index in [9.17, 15) is 0 Å². The van der Waals surface area contributed by atoms with E-state index in [1.165, 1.54) is 17.7 Å². The molecule has 2 rings (SSSR count). The molecular weight excluding hydrogens is 242 g/mol. The molecule has 1 aliphatic carbocycles. The third-order valence-corrected chi connectivity index (χ3v) is 3.32. The third-order valence-electron chi connectivity index (χ3n) is 3.10. The summed E-state index contributed by atoms with van der Waals surface area (Å²) in [6, 6.07) is 2.11.